The summed E-state index contributed by atoms with van der Waals surface area (Å²) in [4.78, 5) is 17.4. The third kappa shape index (κ3) is 3.99. The van der Waals surface area contributed by atoms with Gasteiger partial charge in [0, 0.05) is 10.9 Å². The van der Waals surface area contributed by atoms with Crippen LogP contribution in [0, 0.1) is 5.92 Å². The lowest BCUT2D eigenvalue weighted by Gasteiger charge is -2.14. The number of pyridine rings is 1. The number of fused-ring (bicyclic) bond motifs is 1. The third-order valence-corrected chi connectivity index (χ3v) is 6.22. The summed E-state index contributed by atoms with van der Waals surface area (Å²) in [5.74, 6) is 1.37. The summed E-state index contributed by atoms with van der Waals surface area (Å²) in [6, 6.07) is 20.1. The lowest BCUT2D eigenvalue weighted by atomic mass is 9.98. The number of thioether (sulfide) groups is 1. The van der Waals surface area contributed by atoms with E-state index in [1.807, 2.05) is 36.4 Å². The molecule has 4 rings (SSSR count). The molecule has 1 aromatic heterocycles. The first-order valence-corrected chi connectivity index (χ1v) is 10.4. The zero-order chi connectivity index (χ0) is 17.8. The first-order chi connectivity index (χ1) is 12.8. The lowest BCUT2D eigenvalue weighted by molar-refractivity contribution is 0.102. The van der Waals surface area contributed by atoms with Crippen molar-refractivity contribution < 1.29 is 4.79 Å². The highest BCUT2D eigenvalue weighted by Gasteiger charge is 2.19. The molecule has 0 amide bonds. The molecule has 0 saturated heterocycles. The second-order valence-corrected chi connectivity index (χ2v) is 8.04. The van der Waals surface area contributed by atoms with Crippen LogP contribution in [0.1, 0.15) is 41.6 Å². The third-order valence-electron chi connectivity index (χ3n) is 5.18. The molecule has 1 aliphatic carbocycles. The molecule has 3 heteroatoms. The molecule has 1 saturated carbocycles. The fourth-order valence-corrected chi connectivity index (χ4v) is 4.71. The Bertz CT molecular complexity index is 900. The van der Waals surface area contributed by atoms with Gasteiger partial charge < -0.3 is 0 Å². The molecular formula is C23H23NOS. The number of Topliss-reactive ketones (excluding diaryl/α,β-unsaturated/α-hetero) is 1. The van der Waals surface area contributed by atoms with Crippen LogP contribution in [0.4, 0.5) is 0 Å². The van der Waals surface area contributed by atoms with Gasteiger partial charge in [-0.05, 0) is 30.0 Å². The summed E-state index contributed by atoms with van der Waals surface area (Å²) in [5.41, 5.74) is 3.09. The van der Waals surface area contributed by atoms with Crippen molar-refractivity contribution in [2.45, 2.75) is 37.1 Å². The van der Waals surface area contributed by atoms with E-state index in [9.17, 15) is 4.79 Å². The van der Waals surface area contributed by atoms with Gasteiger partial charge in [0.2, 0.25) is 0 Å². The lowest BCUT2D eigenvalue weighted by Crippen LogP contribution is -2.05. The van der Waals surface area contributed by atoms with Crippen LogP contribution in [0.2, 0.25) is 0 Å². The number of carbonyl (C=O) groups excluding carboxylic acids is 1. The van der Waals surface area contributed by atoms with Gasteiger partial charge in [-0.25, -0.2) is 4.98 Å². The first kappa shape index (κ1) is 17.3. The predicted octanol–water partition coefficient (Wildman–Crippen LogP) is 5.94. The summed E-state index contributed by atoms with van der Waals surface area (Å²) in [7, 11) is 0. The molecule has 0 radical (unpaired) electrons. The van der Waals surface area contributed by atoms with Gasteiger partial charge in [0.1, 0.15) is 5.03 Å². The van der Waals surface area contributed by atoms with Crippen LogP contribution < -0.4 is 0 Å². The van der Waals surface area contributed by atoms with Gasteiger partial charge in [-0.15, -0.1) is 0 Å². The Balaban J connectivity index is 1.58. The summed E-state index contributed by atoms with van der Waals surface area (Å²) < 4.78 is 0. The molecule has 2 nitrogen and oxygen atoms in total. The molecule has 1 fully saturated rings. The van der Waals surface area contributed by atoms with Crippen LogP contribution in [-0.4, -0.2) is 16.5 Å². The SMILES string of the molecule is O=C(CSc1nc2ccccc2cc1CC1CCCC1)c1ccccc1. The minimum atomic E-state index is 0.164. The largest absolute Gasteiger partial charge is 0.293 e. The summed E-state index contributed by atoms with van der Waals surface area (Å²) >= 11 is 1.59. The Morgan fingerprint density at radius 2 is 1.73 bits per heavy atom. The van der Waals surface area contributed by atoms with Crippen molar-refractivity contribution in [1.29, 1.82) is 0 Å². The molecule has 0 aliphatic heterocycles. The highest BCUT2D eigenvalue weighted by atomic mass is 32.2. The van der Waals surface area contributed by atoms with E-state index >= 15 is 0 Å². The first-order valence-electron chi connectivity index (χ1n) is 9.39. The summed E-state index contributed by atoms with van der Waals surface area (Å²) in [6.07, 6.45) is 6.42. The second-order valence-electron chi connectivity index (χ2n) is 7.08. The highest BCUT2D eigenvalue weighted by molar-refractivity contribution is 8.00. The molecule has 1 aliphatic rings. The fourth-order valence-electron chi connectivity index (χ4n) is 3.78. The zero-order valence-electron chi connectivity index (χ0n) is 14.9. The summed E-state index contributed by atoms with van der Waals surface area (Å²) in [5, 5.41) is 2.22. The maximum Gasteiger partial charge on any atom is 0.173 e. The van der Waals surface area contributed by atoms with E-state index in [0.717, 1.165) is 28.4 Å². The van der Waals surface area contributed by atoms with Crippen molar-refractivity contribution in [3.8, 4) is 0 Å². The van der Waals surface area contributed by atoms with Crippen molar-refractivity contribution in [1.82, 2.24) is 4.98 Å². The fraction of sp³-hybridized carbons (Fsp3) is 0.304. The number of ketones is 1. The number of aromatic nitrogens is 1. The average molecular weight is 362 g/mol. The van der Waals surface area contributed by atoms with Gasteiger partial charge in [-0.2, -0.15) is 0 Å². The Labute approximate surface area is 159 Å². The van der Waals surface area contributed by atoms with Crippen LogP contribution in [-0.2, 0) is 6.42 Å². The van der Waals surface area contributed by atoms with E-state index in [0.29, 0.717) is 5.75 Å². The van der Waals surface area contributed by atoms with E-state index < -0.39 is 0 Å². The van der Waals surface area contributed by atoms with E-state index in [2.05, 4.69) is 24.3 Å². The van der Waals surface area contributed by atoms with Crippen molar-refractivity contribution in [3.05, 3.63) is 71.8 Å². The normalized spacial score (nSPS) is 14.8. The van der Waals surface area contributed by atoms with Gasteiger partial charge in [-0.1, -0.05) is 86.0 Å². The maximum absolute atomic E-state index is 12.5. The van der Waals surface area contributed by atoms with E-state index in [1.165, 1.54) is 36.6 Å². The minimum absolute atomic E-state index is 0.164. The molecule has 0 N–H and O–H groups in total. The van der Waals surface area contributed by atoms with Crippen LogP contribution >= 0.6 is 11.8 Å². The van der Waals surface area contributed by atoms with Gasteiger partial charge in [-0.3, -0.25) is 4.79 Å². The number of benzene rings is 2. The predicted molar refractivity (Wildman–Crippen MR) is 109 cm³/mol. The molecular weight excluding hydrogens is 338 g/mol. The zero-order valence-corrected chi connectivity index (χ0v) is 15.7. The van der Waals surface area contributed by atoms with Crippen LogP contribution in [0.15, 0.2) is 65.7 Å². The Morgan fingerprint density at radius 3 is 2.54 bits per heavy atom. The van der Waals surface area contributed by atoms with Gasteiger partial charge in [0.25, 0.3) is 0 Å². The van der Waals surface area contributed by atoms with Crippen LogP contribution in [0.3, 0.4) is 0 Å². The average Bonchev–Trinajstić information content (AvgIpc) is 3.20. The molecule has 2 aromatic carbocycles. The topological polar surface area (TPSA) is 30.0 Å². The van der Waals surface area contributed by atoms with Crippen LogP contribution in [0.5, 0.6) is 0 Å². The maximum atomic E-state index is 12.5. The standard InChI is InChI=1S/C23H23NOS/c25-22(18-10-2-1-3-11-18)16-26-23-20(14-17-8-4-5-9-17)15-19-12-6-7-13-21(19)24-23/h1-3,6-7,10-13,15,17H,4-5,8-9,14,16H2. The summed E-state index contributed by atoms with van der Waals surface area (Å²) in [6.45, 7) is 0. The molecule has 0 spiro atoms. The molecule has 26 heavy (non-hydrogen) atoms. The molecule has 1 heterocycles. The molecule has 3 aromatic rings. The molecule has 0 unspecified atom stereocenters. The second kappa shape index (κ2) is 8.05. The number of para-hydroxylation sites is 1. The van der Waals surface area contributed by atoms with Crippen molar-refractivity contribution >= 4 is 28.4 Å². The monoisotopic (exact) mass is 361 g/mol. The number of carbonyl (C=O) groups is 1. The van der Waals surface area contributed by atoms with Gasteiger partial charge >= 0.3 is 0 Å². The van der Waals surface area contributed by atoms with Crippen LogP contribution in [0.25, 0.3) is 10.9 Å². The quantitative estimate of drug-likeness (QED) is 0.402. The van der Waals surface area contributed by atoms with E-state index in [4.69, 9.17) is 4.98 Å². The van der Waals surface area contributed by atoms with E-state index in [-0.39, 0.29) is 5.78 Å². The van der Waals surface area contributed by atoms with Gasteiger partial charge in [0.15, 0.2) is 5.78 Å². The Hall–Kier alpha value is -2.13. The van der Waals surface area contributed by atoms with Crippen molar-refractivity contribution in [3.63, 3.8) is 0 Å². The number of nitrogens with zero attached hydrogens (tertiary/aromatic N) is 1. The molecule has 0 atom stereocenters. The molecule has 132 valence electrons. The Morgan fingerprint density at radius 1 is 1.00 bits per heavy atom. The van der Waals surface area contributed by atoms with Crippen molar-refractivity contribution in [2.75, 3.05) is 5.75 Å². The Kier molecular flexibility index (Phi) is 5.35. The number of hydrogen-bond acceptors (Lipinski definition) is 3. The number of hydrogen-bond donors (Lipinski definition) is 0. The van der Waals surface area contributed by atoms with E-state index in [1.54, 1.807) is 11.8 Å². The number of rotatable bonds is 6. The minimum Gasteiger partial charge on any atom is -0.293 e. The smallest absolute Gasteiger partial charge is 0.173 e. The van der Waals surface area contributed by atoms with Gasteiger partial charge in [0.05, 0.1) is 11.3 Å². The van der Waals surface area contributed by atoms with Crippen molar-refractivity contribution in [2.24, 2.45) is 5.92 Å². The highest BCUT2D eigenvalue weighted by Crippen LogP contribution is 2.33. The molecule has 0 bridgehead atoms.